The number of amides is 1. The molecule has 5 nitrogen and oxygen atoms in total. The van der Waals surface area contributed by atoms with Crippen LogP contribution in [0.2, 0.25) is 0 Å². The highest BCUT2D eigenvalue weighted by atomic mass is 16.5. The van der Waals surface area contributed by atoms with E-state index in [-0.39, 0.29) is 11.9 Å². The van der Waals surface area contributed by atoms with Gasteiger partial charge in [-0.15, -0.1) is 0 Å². The van der Waals surface area contributed by atoms with Gasteiger partial charge >= 0.3 is 0 Å². The Hall–Kier alpha value is -1.62. The monoisotopic (exact) mass is 265 g/mol. The highest BCUT2D eigenvalue weighted by Gasteiger charge is 2.19. The van der Waals surface area contributed by atoms with E-state index in [1.54, 1.807) is 24.3 Å². The summed E-state index contributed by atoms with van der Waals surface area (Å²) in [6.07, 6.45) is 1.65. The molecule has 1 amide bonds. The van der Waals surface area contributed by atoms with E-state index in [4.69, 9.17) is 4.74 Å². The molecular formula is C14H23N3O2. The number of aromatic nitrogens is 1. The number of nitrogens with one attached hydrogen (secondary N) is 1. The number of carbonyl (C=O) groups is 1. The van der Waals surface area contributed by atoms with Crippen molar-refractivity contribution in [2.45, 2.75) is 26.8 Å². The highest BCUT2D eigenvalue weighted by molar-refractivity contribution is 5.93. The highest BCUT2D eigenvalue weighted by Crippen LogP contribution is 2.11. The molecular weight excluding hydrogens is 242 g/mol. The molecule has 1 aromatic rings. The molecule has 1 N–H and O–H groups in total. The van der Waals surface area contributed by atoms with Crippen LogP contribution in [0.15, 0.2) is 18.3 Å². The number of anilines is 1. The third kappa shape index (κ3) is 4.52. The van der Waals surface area contributed by atoms with Crippen LogP contribution in [0.4, 0.5) is 5.69 Å². The fourth-order valence-electron chi connectivity index (χ4n) is 1.79. The lowest BCUT2D eigenvalue weighted by molar-refractivity contribution is 0.0629. The molecule has 19 heavy (non-hydrogen) atoms. The van der Waals surface area contributed by atoms with Gasteiger partial charge in [-0.2, -0.15) is 0 Å². The SMILES string of the molecule is CCNc1ccnc(C(=O)N(CCOC)C(C)C)c1. The summed E-state index contributed by atoms with van der Waals surface area (Å²) in [6.45, 7) is 7.90. The topological polar surface area (TPSA) is 54.5 Å². The molecule has 0 saturated carbocycles. The summed E-state index contributed by atoms with van der Waals surface area (Å²) in [5.74, 6) is -0.0631. The second-order valence-electron chi connectivity index (χ2n) is 4.55. The number of carbonyl (C=O) groups excluding carboxylic acids is 1. The van der Waals surface area contributed by atoms with Crippen LogP contribution < -0.4 is 5.32 Å². The number of pyridine rings is 1. The van der Waals surface area contributed by atoms with E-state index in [0.717, 1.165) is 12.2 Å². The predicted octanol–water partition coefficient (Wildman–Crippen LogP) is 2.01. The van der Waals surface area contributed by atoms with E-state index in [2.05, 4.69) is 10.3 Å². The Kier molecular flexibility index (Phi) is 6.29. The number of methoxy groups -OCH3 is 1. The molecule has 1 aromatic heterocycles. The molecule has 106 valence electrons. The summed E-state index contributed by atoms with van der Waals surface area (Å²) in [6, 6.07) is 3.76. The second kappa shape index (κ2) is 7.74. The third-order valence-corrected chi connectivity index (χ3v) is 2.78. The van der Waals surface area contributed by atoms with E-state index >= 15 is 0 Å². The van der Waals surface area contributed by atoms with Gasteiger partial charge in [-0.05, 0) is 32.9 Å². The Morgan fingerprint density at radius 3 is 2.84 bits per heavy atom. The van der Waals surface area contributed by atoms with Gasteiger partial charge in [0.25, 0.3) is 5.91 Å². The lowest BCUT2D eigenvalue weighted by Gasteiger charge is -2.26. The van der Waals surface area contributed by atoms with Crippen LogP contribution in [0, 0.1) is 0 Å². The maximum absolute atomic E-state index is 12.4. The zero-order valence-electron chi connectivity index (χ0n) is 12.1. The van der Waals surface area contributed by atoms with Gasteiger partial charge in [-0.3, -0.25) is 9.78 Å². The van der Waals surface area contributed by atoms with Gasteiger partial charge in [-0.1, -0.05) is 0 Å². The summed E-state index contributed by atoms with van der Waals surface area (Å²) in [5.41, 5.74) is 1.37. The van der Waals surface area contributed by atoms with Crippen LogP contribution >= 0.6 is 0 Å². The van der Waals surface area contributed by atoms with Gasteiger partial charge < -0.3 is 15.0 Å². The quantitative estimate of drug-likeness (QED) is 0.819. The normalized spacial score (nSPS) is 10.6. The van der Waals surface area contributed by atoms with Crippen LogP contribution in [0.1, 0.15) is 31.3 Å². The van der Waals surface area contributed by atoms with Crippen LogP contribution in [-0.2, 0) is 4.74 Å². The van der Waals surface area contributed by atoms with Gasteiger partial charge in [-0.25, -0.2) is 0 Å². The van der Waals surface area contributed by atoms with Crippen molar-refractivity contribution in [3.8, 4) is 0 Å². The number of rotatable bonds is 7. The molecule has 0 radical (unpaired) electrons. The van der Waals surface area contributed by atoms with Crippen LogP contribution in [0.3, 0.4) is 0 Å². The molecule has 0 aliphatic rings. The van der Waals surface area contributed by atoms with E-state index < -0.39 is 0 Å². The minimum Gasteiger partial charge on any atom is -0.385 e. The Morgan fingerprint density at radius 1 is 1.53 bits per heavy atom. The average molecular weight is 265 g/mol. The Balaban J connectivity index is 2.86. The molecule has 0 bridgehead atoms. The molecule has 0 spiro atoms. The summed E-state index contributed by atoms with van der Waals surface area (Å²) >= 11 is 0. The molecule has 1 rings (SSSR count). The lowest BCUT2D eigenvalue weighted by atomic mass is 10.2. The molecule has 0 unspecified atom stereocenters. The van der Waals surface area contributed by atoms with E-state index in [9.17, 15) is 4.79 Å². The lowest BCUT2D eigenvalue weighted by Crippen LogP contribution is -2.39. The van der Waals surface area contributed by atoms with Gasteiger partial charge in [0.2, 0.25) is 0 Å². The summed E-state index contributed by atoms with van der Waals surface area (Å²) in [5, 5.41) is 3.18. The standard InChI is InChI=1S/C14H23N3O2/c1-5-15-12-6-7-16-13(10-12)14(18)17(11(2)3)8-9-19-4/h6-7,10-11H,5,8-9H2,1-4H3,(H,15,16). The zero-order valence-corrected chi connectivity index (χ0v) is 12.1. The van der Waals surface area contributed by atoms with Crippen molar-refractivity contribution in [2.75, 3.05) is 32.1 Å². The Morgan fingerprint density at radius 2 is 2.26 bits per heavy atom. The maximum Gasteiger partial charge on any atom is 0.272 e. The average Bonchev–Trinajstić information content (AvgIpc) is 2.39. The van der Waals surface area contributed by atoms with Gasteiger partial charge in [0, 0.05) is 38.1 Å². The largest absolute Gasteiger partial charge is 0.385 e. The van der Waals surface area contributed by atoms with Crippen LogP contribution in [0.25, 0.3) is 0 Å². The third-order valence-electron chi connectivity index (χ3n) is 2.78. The minimum absolute atomic E-state index is 0.0631. The number of ether oxygens (including phenoxy) is 1. The van der Waals surface area contributed by atoms with Gasteiger partial charge in [0.15, 0.2) is 0 Å². The molecule has 0 saturated heterocycles. The molecule has 0 aliphatic heterocycles. The smallest absolute Gasteiger partial charge is 0.272 e. The van der Waals surface area contributed by atoms with Crippen LogP contribution in [-0.4, -0.2) is 48.6 Å². The minimum atomic E-state index is -0.0631. The zero-order chi connectivity index (χ0) is 14.3. The first-order chi connectivity index (χ1) is 9.10. The molecule has 0 atom stereocenters. The van der Waals surface area contributed by atoms with Crippen molar-refractivity contribution in [3.05, 3.63) is 24.0 Å². The van der Waals surface area contributed by atoms with Crippen molar-refractivity contribution in [1.82, 2.24) is 9.88 Å². The maximum atomic E-state index is 12.4. The fourth-order valence-corrected chi connectivity index (χ4v) is 1.79. The van der Waals surface area contributed by atoms with Crippen molar-refractivity contribution < 1.29 is 9.53 Å². The molecule has 0 fully saturated rings. The van der Waals surface area contributed by atoms with E-state index in [0.29, 0.717) is 18.8 Å². The number of hydrogen-bond acceptors (Lipinski definition) is 4. The molecule has 5 heteroatoms. The van der Waals surface area contributed by atoms with Gasteiger partial charge in [0.05, 0.1) is 6.61 Å². The van der Waals surface area contributed by atoms with E-state index in [1.165, 1.54) is 0 Å². The first-order valence-electron chi connectivity index (χ1n) is 6.60. The molecule has 0 aromatic carbocycles. The van der Waals surface area contributed by atoms with E-state index in [1.807, 2.05) is 26.8 Å². The summed E-state index contributed by atoms with van der Waals surface area (Å²) < 4.78 is 5.04. The first kappa shape index (κ1) is 15.4. The fraction of sp³-hybridized carbons (Fsp3) is 0.571. The summed E-state index contributed by atoms with van der Waals surface area (Å²) in [7, 11) is 1.63. The number of hydrogen-bond donors (Lipinski definition) is 1. The van der Waals surface area contributed by atoms with Crippen LogP contribution in [0.5, 0.6) is 0 Å². The van der Waals surface area contributed by atoms with Crippen molar-refractivity contribution in [1.29, 1.82) is 0 Å². The molecule has 1 heterocycles. The van der Waals surface area contributed by atoms with Crippen molar-refractivity contribution in [2.24, 2.45) is 0 Å². The Labute approximate surface area is 115 Å². The molecule has 0 aliphatic carbocycles. The predicted molar refractivity (Wildman–Crippen MR) is 76.4 cm³/mol. The first-order valence-corrected chi connectivity index (χ1v) is 6.60. The van der Waals surface area contributed by atoms with Crippen molar-refractivity contribution >= 4 is 11.6 Å². The Bertz CT molecular complexity index is 407. The number of nitrogens with zero attached hydrogens (tertiary/aromatic N) is 2. The second-order valence-corrected chi connectivity index (χ2v) is 4.55. The summed E-state index contributed by atoms with van der Waals surface area (Å²) in [4.78, 5) is 18.4. The van der Waals surface area contributed by atoms with Crippen molar-refractivity contribution in [3.63, 3.8) is 0 Å². The van der Waals surface area contributed by atoms with Gasteiger partial charge in [0.1, 0.15) is 5.69 Å².